The first-order valence-electron chi connectivity index (χ1n) is 6.09. The predicted octanol–water partition coefficient (Wildman–Crippen LogP) is 2.44. The predicted molar refractivity (Wildman–Crippen MR) is 69.8 cm³/mol. The fourth-order valence-electron chi connectivity index (χ4n) is 1.75. The van der Waals surface area contributed by atoms with Crippen molar-refractivity contribution >= 4 is 0 Å². The number of nitrogens with zero attached hydrogens (tertiary/aromatic N) is 1. The van der Waals surface area contributed by atoms with Crippen LogP contribution in [-0.4, -0.2) is 16.5 Å². The summed E-state index contributed by atoms with van der Waals surface area (Å²) in [5, 5.41) is 3.44. The number of hydrogen-bond acceptors (Lipinski definition) is 2. The number of aromatic amines is 1. The normalized spacial score (nSPS) is 10.6. The molecule has 0 radical (unpaired) electrons. The molecular formula is C14H19N3. The molecule has 1 heterocycles. The van der Waals surface area contributed by atoms with Crippen LogP contribution in [0.3, 0.4) is 0 Å². The van der Waals surface area contributed by atoms with Gasteiger partial charge in [0.25, 0.3) is 0 Å². The Morgan fingerprint density at radius 2 is 2.06 bits per heavy atom. The number of H-pyrrole nitrogens is 1. The summed E-state index contributed by atoms with van der Waals surface area (Å²) in [6.07, 6.45) is 5.79. The second kappa shape index (κ2) is 6.21. The van der Waals surface area contributed by atoms with Crippen LogP contribution < -0.4 is 5.32 Å². The molecule has 0 bridgehead atoms. The Kier molecular flexibility index (Phi) is 4.33. The zero-order valence-electron chi connectivity index (χ0n) is 10.2. The molecular weight excluding hydrogens is 210 g/mol. The molecule has 0 aliphatic rings. The molecule has 0 aliphatic heterocycles. The van der Waals surface area contributed by atoms with Crippen molar-refractivity contribution in [2.24, 2.45) is 0 Å². The third-order valence-electron chi connectivity index (χ3n) is 2.77. The Hall–Kier alpha value is -1.61. The first-order chi connectivity index (χ1) is 8.34. The number of nitrogens with one attached hydrogen (secondary N) is 2. The van der Waals surface area contributed by atoms with E-state index in [-0.39, 0.29) is 0 Å². The van der Waals surface area contributed by atoms with Gasteiger partial charge in [0.05, 0.1) is 0 Å². The molecule has 0 aliphatic carbocycles. The highest BCUT2D eigenvalue weighted by Gasteiger charge is 1.95. The molecule has 0 spiro atoms. The van der Waals surface area contributed by atoms with Crippen molar-refractivity contribution in [1.29, 1.82) is 0 Å². The van der Waals surface area contributed by atoms with Crippen LogP contribution in [0.5, 0.6) is 0 Å². The number of aryl methyl sites for hydroxylation is 2. The van der Waals surface area contributed by atoms with Gasteiger partial charge in [-0.1, -0.05) is 29.8 Å². The van der Waals surface area contributed by atoms with Crippen LogP contribution >= 0.6 is 0 Å². The van der Waals surface area contributed by atoms with E-state index in [1.54, 1.807) is 6.20 Å². The second-order valence-electron chi connectivity index (χ2n) is 4.30. The van der Waals surface area contributed by atoms with E-state index >= 15 is 0 Å². The lowest BCUT2D eigenvalue weighted by Crippen LogP contribution is -2.15. The minimum atomic E-state index is 0.943. The molecule has 1 aromatic heterocycles. The zero-order chi connectivity index (χ0) is 11.9. The maximum Gasteiger partial charge on any atom is 0.106 e. The summed E-state index contributed by atoms with van der Waals surface area (Å²) in [4.78, 5) is 7.31. The molecule has 0 atom stereocenters. The Labute approximate surface area is 102 Å². The summed E-state index contributed by atoms with van der Waals surface area (Å²) in [6.45, 7) is 4.08. The van der Waals surface area contributed by atoms with Crippen LogP contribution in [-0.2, 0) is 13.0 Å². The highest BCUT2D eigenvalue weighted by molar-refractivity contribution is 5.20. The van der Waals surface area contributed by atoms with Gasteiger partial charge in [-0.2, -0.15) is 0 Å². The van der Waals surface area contributed by atoms with E-state index in [4.69, 9.17) is 0 Å². The Balaban J connectivity index is 1.61. The smallest absolute Gasteiger partial charge is 0.106 e. The number of hydrogen-bond donors (Lipinski definition) is 2. The molecule has 17 heavy (non-hydrogen) atoms. The van der Waals surface area contributed by atoms with Gasteiger partial charge in [-0.25, -0.2) is 4.98 Å². The van der Waals surface area contributed by atoms with E-state index in [9.17, 15) is 0 Å². The van der Waals surface area contributed by atoms with Gasteiger partial charge in [-0.05, 0) is 25.5 Å². The molecule has 0 fully saturated rings. The molecule has 3 heteroatoms. The molecule has 0 saturated carbocycles. The van der Waals surface area contributed by atoms with Crippen molar-refractivity contribution in [3.05, 3.63) is 53.6 Å². The minimum absolute atomic E-state index is 0.943. The number of benzene rings is 1. The van der Waals surface area contributed by atoms with E-state index in [2.05, 4.69) is 46.5 Å². The summed E-state index contributed by atoms with van der Waals surface area (Å²) in [7, 11) is 0. The number of aromatic nitrogens is 2. The molecule has 0 amide bonds. The lowest BCUT2D eigenvalue weighted by atomic mass is 10.1. The van der Waals surface area contributed by atoms with Crippen LogP contribution in [0.1, 0.15) is 23.4 Å². The van der Waals surface area contributed by atoms with Gasteiger partial charge in [0, 0.05) is 25.4 Å². The molecule has 3 nitrogen and oxygen atoms in total. The van der Waals surface area contributed by atoms with Gasteiger partial charge in [-0.3, -0.25) is 0 Å². The quantitative estimate of drug-likeness (QED) is 0.747. The second-order valence-corrected chi connectivity index (χ2v) is 4.30. The number of imidazole rings is 1. The maximum absolute atomic E-state index is 4.20. The van der Waals surface area contributed by atoms with Gasteiger partial charge in [0.15, 0.2) is 0 Å². The summed E-state index contributed by atoms with van der Waals surface area (Å²) < 4.78 is 0. The summed E-state index contributed by atoms with van der Waals surface area (Å²) in [5.74, 6) is 1.07. The van der Waals surface area contributed by atoms with Gasteiger partial charge >= 0.3 is 0 Å². The molecule has 90 valence electrons. The van der Waals surface area contributed by atoms with Crippen LogP contribution in [0.25, 0.3) is 0 Å². The van der Waals surface area contributed by atoms with Crippen molar-refractivity contribution < 1.29 is 0 Å². The van der Waals surface area contributed by atoms with Crippen LogP contribution in [0.4, 0.5) is 0 Å². The average molecular weight is 229 g/mol. The van der Waals surface area contributed by atoms with Crippen LogP contribution in [0, 0.1) is 6.92 Å². The fourth-order valence-corrected chi connectivity index (χ4v) is 1.75. The topological polar surface area (TPSA) is 40.7 Å². The van der Waals surface area contributed by atoms with E-state index < -0.39 is 0 Å². The first kappa shape index (κ1) is 11.9. The highest BCUT2D eigenvalue weighted by atomic mass is 14.9. The van der Waals surface area contributed by atoms with E-state index in [1.165, 1.54) is 11.1 Å². The highest BCUT2D eigenvalue weighted by Crippen LogP contribution is 2.02. The van der Waals surface area contributed by atoms with Gasteiger partial charge < -0.3 is 10.3 Å². The van der Waals surface area contributed by atoms with Crippen molar-refractivity contribution in [3.63, 3.8) is 0 Å². The minimum Gasteiger partial charge on any atom is -0.349 e. The molecule has 2 N–H and O–H groups in total. The van der Waals surface area contributed by atoms with E-state index in [0.717, 1.165) is 31.8 Å². The molecule has 2 rings (SSSR count). The third-order valence-corrected chi connectivity index (χ3v) is 2.77. The molecule has 0 saturated heterocycles. The van der Waals surface area contributed by atoms with Crippen molar-refractivity contribution in [1.82, 2.24) is 15.3 Å². The fraction of sp³-hybridized carbons (Fsp3) is 0.357. The molecule has 2 aromatic rings. The van der Waals surface area contributed by atoms with Gasteiger partial charge in [0.1, 0.15) is 5.82 Å². The maximum atomic E-state index is 4.20. The number of rotatable bonds is 6. The van der Waals surface area contributed by atoms with Crippen LogP contribution in [0.15, 0.2) is 36.7 Å². The first-order valence-corrected chi connectivity index (χ1v) is 6.09. The Morgan fingerprint density at radius 1 is 1.24 bits per heavy atom. The van der Waals surface area contributed by atoms with Crippen molar-refractivity contribution in [3.8, 4) is 0 Å². The third kappa shape index (κ3) is 4.04. The van der Waals surface area contributed by atoms with Crippen LogP contribution in [0.2, 0.25) is 0 Å². The largest absolute Gasteiger partial charge is 0.349 e. The van der Waals surface area contributed by atoms with E-state index in [0.29, 0.717) is 0 Å². The zero-order valence-corrected chi connectivity index (χ0v) is 10.2. The SMILES string of the molecule is Cc1ccc(CNCCCc2ncc[nH]2)cc1. The van der Waals surface area contributed by atoms with Gasteiger partial charge in [-0.15, -0.1) is 0 Å². The Bertz CT molecular complexity index is 417. The summed E-state index contributed by atoms with van der Waals surface area (Å²) in [5.41, 5.74) is 2.65. The van der Waals surface area contributed by atoms with Crippen molar-refractivity contribution in [2.45, 2.75) is 26.3 Å². The average Bonchev–Trinajstić information content (AvgIpc) is 2.84. The summed E-state index contributed by atoms with van der Waals surface area (Å²) in [6, 6.07) is 8.66. The lowest BCUT2D eigenvalue weighted by Gasteiger charge is -2.04. The molecule has 0 unspecified atom stereocenters. The molecule has 1 aromatic carbocycles. The summed E-state index contributed by atoms with van der Waals surface area (Å²) >= 11 is 0. The van der Waals surface area contributed by atoms with Gasteiger partial charge in [0.2, 0.25) is 0 Å². The van der Waals surface area contributed by atoms with Crippen molar-refractivity contribution in [2.75, 3.05) is 6.54 Å². The Morgan fingerprint density at radius 3 is 2.76 bits per heavy atom. The van der Waals surface area contributed by atoms with E-state index in [1.807, 2.05) is 6.20 Å². The lowest BCUT2D eigenvalue weighted by molar-refractivity contribution is 0.641. The standard InChI is InChI=1S/C14H19N3/c1-12-4-6-13(7-5-12)11-15-8-2-3-14-16-9-10-17-14/h4-7,9-10,15H,2-3,8,11H2,1H3,(H,16,17). The monoisotopic (exact) mass is 229 g/mol.